The van der Waals surface area contributed by atoms with Crippen molar-refractivity contribution in [3.8, 4) is 5.75 Å². The average molecular weight is 359 g/mol. The van der Waals surface area contributed by atoms with Crippen LogP contribution < -0.4 is 5.32 Å². The summed E-state index contributed by atoms with van der Waals surface area (Å²) < 4.78 is 5.12. The number of allylic oxidation sites excluding steroid dienone is 1. The molecule has 5 nitrogen and oxygen atoms in total. The highest BCUT2D eigenvalue weighted by Gasteiger charge is 2.38. The summed E-state index contributed by atoms with van der Waals surface area (Å²) in [7, 11) is 0. The average Bonchev–Trinajstić information content (AvgIpc) is 2.64. The van der Waals surface area contributed by atoms with E-state index in [1.807, 2.05) is 13.8 Å². The molecule has 0 radical (unpaired) electrons. The van der Waals surface area contributed by atoms with E-state index in [4.69, 9.17) is 4.74 Å². The van der Waals surface area contributed by atoms with Gasteiger partial charge in [0.2, 0.25) is 5.91 Å². The first-order valence-electron chi connectivity index (χ1n) is 8.91. The number of carbonyl (C=O) groups is 2. The molecule has 1 amide bonds. The maximum Gasteiger partial charge on any atom is 0.328 e. The van der Waals surface area contributed by atoms with Crippen LogP contribution in [0.3, 0.4) is 0 Å². The Hall–Kier alpha value is -2.56. The monoisotopic (exact) mass is 359 g/mol. The van der Waals surface area contributed by atoms with E-state index in [0.29, 0.717) is 18.4 Å². The van der Waals surface area contributed by atoms with Crippen molar-refractivity contribution in [1.29, 1.82) is 0 Å². The standard InChI is InChI=1S/C21H29NO4/c1-6-15(5)21(7-2,8-3)20(25)22-18(19(24)26-9-4)14-16-10-12-17(23)13-11-16/h6,10-13,18,23H,1,5,7-9,14H2,2-4H3,(H,22,25). The largest absolute Gasteiger partial charge is 0.508 e. The van der Waals surface area contributed by atoms with E-state index in [1.165, 1.54) is 0 Å². The van der Waals surface area contributed by atoms with Gasteiger partial charge in [0.1, 0.15) is 11.8 Å². The van der Waals surface area contributed by atoms with Gasteiger partial charge in [-0.1, -0.05) is 45.2 Å². The zero-order valence-corrected chi connectivity index (χ0v) is 15.9. The Labute approximate surface area is 155 Å². The second-order valence-electron chi connectivity index (χ2n) is 6.17. The van der Waals surface area contributed by atoms with E-state index in [2.05, 4.69) is 18.5 Å². The lowest BCUT2D eigenvalue weighted by molar-refractivity contribution is -0.148. The van der Waals surface area contributed by atoms with Crippen LogP contribution in [0, 0.1) is 5.41 Å². The summed E-state index contributed by atoms with van der Waals surface area (Å²) in [6.07, 6.45) is 2.96. The lowest BCUT2D eigenvalue weighted by Gasteiger charge is -2.32. The second kappa shape index (κ2) is 9.80. The first-order chi connectivity index (χ1) is 12.3. The van der Waals surface area contributed by atoms with Gasteiger partial charge in [0.25, 0.3) is 0 Å². The predicted octanol–water partition coefficient (Wildman–Crippen LogP) is 3.53. The molecule has 1 rings (SSSR count). The van der Waals surface area contributed by atoms with Crippen molar-refractivity contribution in [1.82, 2.24) is 5.32 Å². The summed E-state index contributed by atoms with van der Waals surface area (Å²) in [6.45, 7) is 13.5. The summed E-state index contributed by atoms with van der Waals surface area (Å²) in [6, 6.07) is 5.69. The van der Waals surface area contributed by atoms with E-state index in [1.54, 1.807) is 37.3 Å². The Morgan fingerprint density at radius 2 is 1.81 bits per heavy atom. The molecule has 26 heavy (non-hydrogen) atoms. The molecule has 0 aromatic heterocycles. The Balaban J connectivity index is 3.08. The molecule has 2 N–H and O–H groups in total. The third-order valence-corrected chi connectivity index (χ3v) is 4.76. The summed E-state index contributed by atoms with van der Waals surface area (Å²) >= 11 is 0. The van der Waals surface area contributed by atoms with Crippen molar-refractivity contribution >= 4 is 11.9 Å². The van der Waals surface area contributed by atoms with Crippen molar-refractivity contribution < 1.29 is 19.4 Å². The van der Waals surface area contributed by atoms with Gasteiger partial charge in [0.15, 0.2) is 0 Å². The van der Waals surface area contributed by atoms with Crippen molar-refractivity contribution in [3.63, 3.8) is 0 Å². The van der Waals surface area contributed by atoms with Crippen LogP contribution in [0.2, 0.25) is 0 Å². The third kappa shape index (κ3) is 4.97. The molecule has 1 aromatic carbocycles. The molecular weight excluding hydrogens is 330 g/mol. The van der Waals surface area contributed by atoms with Gasteiger partial charge in [-0.05, 0) is 43.0 Å². The number of carbonyl (C=O) groups excluding carboxylic acids is 2. The molecule has 0 heterocycles. The molecule has 1 unspecified atom stereocenters. The maximum absolute atomic E-state index is 13.0. The minimum atomic E-state index is -0.818. The molecule has 1 aromatic rings. The molecule has 1 atom stereocenters. The van der Waals surface area contributed by atoms with Crippen LogP contribution in [0.5, 0.6) is 5.75 Å². The van der Waals surface area contributed by atoms with Gasteiger partial charge in [-0.25, -0.2) is 4.79 Å². The van der Waals surface area contributed by atoms with Crippen molar-refractivity contribution in [2.24, 2.45) is 5.41 Å². The van der Waals surface area contributed by atoms with Crippen molar-refractivity contribution in [2.45, 2.75) is 46.1 Å². The lowest BCUT2D eigenvalue weighted by atomic mass is 9.75. The number of hydrogen-bond donors (Lipinski definition) is 2. The quantitative estimate of drug-likeness (QED) is 0.495. The predicted molar refractivity (Wildman–Crippen MR) is 103 cm³/mol. The number of esters is 1. The highest BCUT2D eigenvalue weighted by molar-refractivity contribution is 5.90. The molecule has 0 fully saturated rings. The zero-order chi connectivity index (χ0) is 19.7. The topological polar surface area (TPSA) is 75.6 Å². The fourth-order valence-corrected chi connectivity index (χ4v) is 2.97. The van der Waals surface area contributed by atoms with Crippen molar-refractivity contribution in [2.75, 3.05) is 6.61 Å². The minimum Gasteiger partial charge on any atom is -0.508 e. The van der Waals surface area contributed by atoms with E-state index in [9.17, 15) is 14.7 Å². The van der Waals surface area contributed by atoms with Gasteiger partial charge in [-0.2, -0.15) is 0 Å². The third-order valence-electron chi connectivity index (χ3n) is 4.76. The Morgan fingerprint density at radius 1 is 1.23 bits per heavy atom. The molecule has 0 bridgehead atoms. The van der Waals surface area contributed by atoms with Crippen LogP contribution in [0.1, 0.15) is 39.2 Å². The Kier molecular flexibility index (Phi) is 8.10. The van der Waals surface area contributed by atoms with Crippen LogP contribution in [0.4, 0.5) is 0 Å². The van der Waals surface area contributed by atoms with Crippen LogP contribution in [-0.4, -0.2) is 29.6 Å². The van der Waals surface area contributed by atoms with Crippen LogP contribution >= 0.6 is 0 Å². The molecule has 5 heteroatoms. The Morgan fingerprint density at radius 3 is 2.27 bits per heavy atom. The first-order valence-corrected chi connectivity index (χ1v) is 8.91. The fourth-order valence-electron chi connectivity index (χ4n) is 2.97. The van der Waals surface area contributed by atoms with Gasteiger partial charge in [0.05, 0.1) is 12.0 Å². The molecule has 0 aliphatic rings. The zero-order valence-electron chi connectivity index (χ0n) is 15.9. The highest BCUT2D eigenvalue weighted by Crippen LogP contribution is 2.35. The number of rotatable bonds is 10. The molecule has 0 aliphatic heterocycles. The van der Waals surface area contributed by atoms with E-state index in [0.717, 1.165) is 5.56 Å². The number of nitrogens with one attached hydrogen (secondary N) is 1. The number of aromatic hydroxyl groups is 1. The molecule has 0 saturated heterocycles. The van der Waals surface area contributed by atoms with Gasteiger partial charge in [0, 0.05) is 6.42 Å². The number of ether oxygens (including phenoxy) is 1. The SMILES string of the molecule is C=CC(=C)C(CC)(CC)C(=O)NC(Cc1ccc(O)cc1)C(=O)OCC. The number of hydrogen-bond acceptors (Lipinski definition) is 4. The summed E-state index contributed by atoms with van der Waals surface area (Å²) in [4.78, 5) is 25.4. The molecule has 0 spiro atoms. The summed E-state index contributed by atoms with van der Waals surface area (Å²) in [5.74, 6) is -0.604. The van der Waals surface area contributed by atoms with Crippen molar-refractivity contribution in [3.05, 3.63) is 54.6 Å². The number of phenolic OH excluding ortho intramolecular Hbond substituents is 1. The van der Waals surface area contributed by atoms with Gasteiger partial charge < -0.3 is 15.2 Å². The Bertz CT molecular complexity index is 644. The summed E-state index contributed by atoms with van der Waals surface area (Å²) in [5.41, 5.74) is 0.635. The molecule has 0 aliphatic carbocycles. The van der Waals surface area contributed by atoms with Crippen LogP contribution in [-0.2, 0) is 20.7 Å². The van der Waals surface area contributed by atoms with E-state index >= 15 is 0 Å². The van der Waals surface area contributed by atoms with Gasteiger partial charge in [-0.3, -0.25) is 4.79 Å². The smallest absolute Gasteiger partial charge is 0.328 e. The van der Waals surface area contributed by atoms with Crippen LogP contribution in [0.25, 0.3) is 0 Å². The first kappa shape index (κ1) is 21.5. The summed E-state index contributed by atoms with van der Waals surface area (Å²) in [5, 5.41) is 12.2. The lowest BCUT2D eigenvalue weighted by Crippen LogP contribution is -2.50. The number of amides is 1. The van der Waals surface area contributed by atoms with E-state index < -0.39 is 17.4 Å². The highest BCUT2D eigenvalue weighted by atomic mass is 16.5. The minimum absolute atomic E-state index is 0.142. The molecule has 142 valence electrons. The molecular formula is C21H29NO4. The maximum atomic E-state index is 13.0. The number of phenols is 1. The second-order valence-corrected chi connectivity index (χ2v) is 6.17. The van der Waals surface area contributed by atoms with Gasteiger partial charge in [-0.15, -0.1) is 0 Å². The van der Waals surface area contributed by atoms with Crippen LogP contribution in [0.15, 0.2) is 49.1 Å². The molecule has 0 saturated carbocycles. The fraction of sp³-hybridized carbons (Fsp3) is 0.429. The number of benzene rings is 1. The van der Waals surface area contributed by atoms with Gasteiger partial charge >= 0.3 is 5.97 Å². The van der Waals surface area contributed by atoms with E-state index in [-0.39, 0.29) is 24.7 Å². The normalized spacial score (nSPS) is 12.1.